The van der Waals surface area contributed by atoms with E-state index < -0.39 is 0 Å². The monoisotopic (exact) mass is 341 g/mol. The van der Waals surface area contributed by atoms with Crippen LogP contribution in [0.25, 0.3) is 0 Å². The van der Waals surface area contributed by atoms with E-state index in [-0.39, 0.29) is 5.91 Å². The average Bonchev–Trinajstić information content (AvgIpc) is 2.99. The van der Waals surface area contributed by atoms with Crippen molar-refractivity contribution >= 4 is 23.3 Å². The molecule has 122 valence electrons. The minimum absolute atomic E-state index is 0.206. The third-order valence-electron chi connectivity index (χ3n) is 3.36. The molecule has 0 saturated carbocycles. The topological polar surface area (TPSA) is 56.2 Å². The average molecular weight is 342 g/mol. The number of nitrogens with one attached hydrogen (secondary N) is 1. The van der Waals surface area contributed by atoms with Gasteiger partial charge in [-0.3, -0.25) is 9.48 Å². The quantitative estimate of drug-likeness (QED) is 0.765. The van der Waals surface area contributed by atoms with E-state index in [1.165, 1.54) is 0 Å². The highest BCUT2D eigenvalue weighted by Crippen LogP contribution is 2.17. The number of hydrogen-bond donors (Lipinski definition) is 1. The normalized spacial score (nSPS) is 10.4. The van der Waals surface area contributed by atoms with Crippen LogP contribution in [0.2, 0.25) is 5.02 Å². The summed E-state index contributed by atoms with van der Waals surface area (Å²) < 4.78 is 7.33. The largest absolute Gasteiger partial charge is 0.489 e. The minimum atomic E-state index is -0.206. The van der Waals surface area contributed by atoms with Crippen molar-refractivity contribution in [3.63, 3.8) is 0 Å². The van der Waals surface area contributed by atoms with Crippen LogP contribution in [-0.4, -0.2) is 15.7 Å². The summed E-state index contributed by atoms with van der Waals surface area (Å²) >= 11 is 5.85. The van der Waals surface area contributed by atoms with E-state index in [0.717, 1.165) is 11.3 Å². The number of ether oxygens (including phenoxy) is 1. The van der Waals surface area contributed by atoms with Gasteiger partial charge in [0.25, 0.3) is 5.91 Å². The Balaban J connectivity index is 1.64. The lowest BCUT2D eigenvalue weighted by atomic mass is 10.1. The van der Waals surface area contributed by atoms with E-state index in [1.807, 2.05) is 12.1 Å². The molecular formula is C18H16ClN3O2. The molecule has 1 heterocycles. The van der Waals surface area contributed by atoms with Gasteiger partial charge in [0.1, 0.15) is 12.4 Å². The maximum Gasteiger partial charge on any atom is 0.256 e. The molecule has 1 aromatic heterocycles. The first-order chi connectivity index (χ1) is 11.6. The predicted octanol–water partition coefficient (Wildman–Crippen LogP) is 3.90. The van der Waals surface area contributed by atoms with Crippen LogP contribution in [0.5, 0.6) is 5.75 Å². The van der Waals surface area contributed by atoms with Crippen LogP contribution in [0.15, 0.2) is 60.8 Å². The van der Waals surface area contributed by atoms with Crippen LogP contribution >= 0.6 is 11.6 Å². The Kier molecular flexibility index (Phi) is 4.82. The third kappa shape index (κ3) is 4.14. The van der Waals surface area contributed by atoms with Gasteiger partial charge in [0.2, 0.25) is 0 Å². The number of carbonyl (C=O) groups is 1. The SMILES string of the molecule is Cn1ccc(NC(=O)c2cccc(COc3ccc(Cl)cc3)c2)n1. The molecule has 1 amide bonds. The van der Waals surface area contributed by atoms with E-state index in [0.29, 0.717) is 23.0 Å². The fourth-order valence-electron chi connectivity index (χ4n) is 2.17. The molecule has 1 N–H and O–H groups in total. The van der Waals surface area contributed by atoms with E-state index in [1.54, 1.807) is 60.4 Å². The van der Waals surface area contributed by atoms with E-state index in [4.69, 9.17) is 16.3 Å². The fraction of sp³-hybridized carbons (Fsp3) is 0.111. The number of benzene rings is 2. The molecular weight excluding hydrogens is 326 g/mol. The highest BCUT2D eigenvalue weighted by molar-refractivity contribution is 6.30. The van der Waals surface area contributed by atoms with E-state index in [9.17, 15) is 4.79 Å². The Morgan fingerprint density at radius 3 is 2.71 bits per heavy atom. The maximum atomic E-state index is 12.3. The Hall–Kier alpha value is -2.79. The standard InChI is InChI=1S/C18H16ClN3O2/c1-22-10-9-17(21-22)20-18(23)14-4-2-3-13(11-14)12-24-16-7-5-15(19)6-8-16/h2-11H,12H2,1H3,(H,20,21,23). The molecule has 0 unspecified atom stereocenters. The number of anilines is 1. The molecule has 0 spiro atoms. The second-order valence-corrected chi connectivity index (χ2v) is 5.71. The number of nitrogens with zero attached hydrogens (tertiary/aromatic N) is 2. The molecule has 24 heavy (non-hydrogen) atoms. The van der Waals surface area contributed by atoms with Gasteiger partial charge >= 0.3 is 0 Å². The summed E-state index contributed by atoms with van der Waals surface area (Å²) in [6, 6.07) is 16.2. The van der Waals surface area contributed by atoms with Crippen molar-refractivity contribution in [2.24, 2.45) is 7.05 Å². The van der Waals surface area contributed by atoms with Gasteiger partial charge in [0, 0.05) is 29.9 Å². The van der Waals surface area contributed by atoms with Gasteiger partial charge in [-0.15, -0.1) is 0 Å². The van der Waals surface area contributed by atoms with Crippen LogP contribution < -0.4 is 10.1 Å². The molecule has 0 aliphatic heterocycles. The molecule has 0 aliphatic rings. The maximum absolute atomic E-state index is 12.3. The number of hydrogen-bond acceptors (Lipinski definition) is 3. The van der Waals surface area contributed by atoms with Crippen molar-refractivity contribution in [2.75, 3.05) is 5.32 Å². The number of rotatable bonds is 5. The number of aromatic nitrogens is 2. The Morgan fingerprint density at radius 2 is 2.00 bits per heavy atom. The highest BCUT2D eigenvalue weighted by atomic mass is 35.5. The number of carbonyl (C=O) groups excluding carboxylic acids is 1. The van der Waals surface area contributed by atoms with Gasteiger partial charge in [0.15, 0.2) is 5.82 Å². The summed E-state index contributed by atoms with van der Waals surface area (Å²) in [4.78, 5) is 12.3. The summed E-state index contributed by atoms with van der Waals surface area (Å²) in [5.41, 5.74) is 1.46. The lowest BCUT2D eigenvalue weighted by molar-refractivity contribution is 0.102. The van der Waals surface area contributed by atoms with Gasteiger partial charge in [-0.1, -0.05) is 23.7 Å². The zero-order valence-corrected chi connectivity index (χ0v) is 13.8. The Morgan fingerprint density at radius 1 is 1.21 bits per heavy atom. The number of amides is 1. The van der Waals surface area contributed by atoms with Crippen molar-refractivity contribution in [2.45, 2.75) is 6.61 Å². The molecule has 3 rings (SSSR count). The lowest BCUT2D eigenvalue weighted by Gasteiger charge is -2.08. The second kappa shape index (κ2) is 7.19. The van der Waals surface area contributed by atoms with Crippen molar-refractivity contribution in [1.82, 2.24) is 9.78 Å². The van der Waals surface area contributed by atoms with Crippen LogP contribution in [0.3, 0.4) is 0 Å². The zero-order chi connectivity index (χ0) is 16.9. The molecule has 3 aromatic rings. The molecule has 0 atom stereocenters. The first-order valence-electron chi connectivity index (χ1n) is 7.38. The molecule has 5 nitrogen and oxygen atoms in total. The van der Waals surface area contributed by atoms with Gasteiger partial charge in [-0.05, 0) is 42.0 Å². The van der Waals surface area contributed by atoms with Crippen molar-refractivity contribution in [3.8, 4) is 5.75 Å². The summed E-state index contributed by atoms with van der Waals surface area (Å²) in [7, 11) is 1.80. The van der Waals surface area contributed by atoms with Crippen LogP contribution in [0, 0.1) is 0 Å². The second-order valence-electron chi connectivity index (χ2n) is 5.27. The van der Waals surface area contributed by atoms with Crippen LogP contribution in [0.1, 0.15) is 15.9 Å². The fourth-order valence-corrected chi connectivity index (χ4v) is 2.30. The summed E-state index contributed by atoms with van der Waals surface area (Å²) in [5, 5.41) is 7.55. The number of halogens is 1. The van der Waals surface area contributed by atoms with E-state index >= 15 is 0 Å². The highest BCUT2D eigenvalue weighted by Gasteiger charge is 2.08. The minimum Gasteiger partial charge on any atom is -0.489 e. The lowest BCUT2D eigenvalue weighted by Crippen LogP contribution is -2.13. The molecule has 0 aliphatic carbocycles. The van der Waals surface area contributed by atoms with Gasteiger partial charge in [-0.25, -0.2) is 0 Å². The zero-order valence-electron chi connectivity index (χ0n) is 13.1. The van der Waals surface area contributed by atoms with Gasteiger partial charge in [0.05, 0.1) is 0 Å². The van der Waals surface area contributed by atoms with Crippen LogP contribution in [-0.2, 0) is 13.7 Å². The molecule has 0 saturated heterocycles. The Labute approximate surface area is 144 Å². The van der Waals surface area contributed by atoms with Crippen LogP contribution in [0.4, 0.5) is 5.82 Å². The van der Waals surface area contributed by atoms with Crippen molar-refractivity contribution in [3.05, 3.63) is 76.9 Å². The predicted molar refractivity (Wildman–Crippen MR) is 93.4 cm³/mol. The van der Waals surface area contributed by atoms with Gasteiger partial charge < -0.3 is 10.1 Å². The first kappa shape index (κ1) is 16.1. The Bertz CT molecular complexity index is 843. The van der Waals surface area contributed by atoms with Crippen molar-refractivity contribution < 1.29 is 9.53 Å². The third-order valence-corrected chi connectivity index (χ3v) is 3.62. The molecule has 0 radical (unpaired) electrons. The molecule has 2 aromatic carbocycles. The smallest absolute Gasteiger partial charge is 0.256 e. The molecule has 6 heteroatoms. The number of aryl methyl sites for hydroxylation is 1. The summed E-state index contributed by atoms with van der Waals surface area (Å²) in [5.74, 6) is 1.04. The van der Waals surface area contributed by atoms with E-state index in [2.05, 4.69) is 10.4 Å². The van der Waals surface area contributed by atoms with Crippen molar-refractivity contribution in [1.29, 1.82) is 0 Å². The summed E-state index contributed by atoms with van der Waals surface area (Å²) in [6.45, 7) is 0.367. The first-order valence-corrected chi connectivity index (χ1v) is 7.76. The molecule has 0 bridgehead atoms. The summed E-state index contributed by atoms with van der Waals surface area (Å²) in [6.07, 6.45) is 1.77. The molecule has 0 fully saturated rings. The van der Waals surface area contributed by atoms with Gasteiger partial charge in [-0.2, -0.15) is 5.10 Å².